The Hall–Kier alpha value is -5.60. The van der Waals surface area contributed by atoms with E-state index in [1.54, 1.807) is 12.1 Å². The molecule has 2 unspecified atom stereocenters. The maximum Gasteiger partial charge on any atom is 0.212 e. The number of nitrogens with zero attached hydrogens (tertiary/aromatic N) is 4. The Labute approximate surface area is 228 Å². The van der Waals surface area contributed by atoms with E-state index >= 15 is 0 Å². The van der Waals surface area contributed by atoms with Crippen molar-refractivity contribution in [3.05, 3.63) is 119 Å². The van der Waals surface area contributed by atoms with Crippen LogP contribution in [0.1, 0.15) is 34.3 Å². The van der Waals surface area contributed by atoms with Gasteiger partial charge in [0.2, 0.25) is 11.9 Å². The van der Waals surface area contributed by atoms with Crippen molar-refractivity contribution in [3.8, 4) is 56.9 Å². The van der Waals surface area contributed by atoms with Crippen LogP contribution < -0.4 is 10.6 Å². The van der Waals surface area contributed by atoms with E-state index in [0.717, 1.165) is 66.8 Å². The quantitative estimate of drug-likeness (QED) is 0.161. The van der Waals surface area contributed by atoms with Gasteiger partial charge in [-0.2, -0.15) is 19.3 Å². The number of aromatic nitrogens is 2. The molecule has 0 bridgehead atoms. The van der Waals surface area contributed by atoms with Crippen LogP contribution in [0.15, 0.2) is 85.2 Å². The molecule has 0 saturated carbocycles. The van der Waals surface area contributed by atoms with Crippen molar-refractivity contribution in [3.63, 3.8) is 0 Å². The van der Waals surface area contributed by atoms with E-state index in [9.17, 15) is 19.3 Å². The van der Waals surface area contributed by atoms with E-state index in [2.05, 4.69) is 45.1 Å². The van der Waals surface area contributed by atoms with Crippen molar-refractivity contribution in [1.29, 1.82) is 10.5 Å². The van der Waals surface area contributed by atoms with Gasteiger partial charge in [0.15, 0.2) is 12.4 Å². The minimum absolute atomic E-state index is 0.371. The highest BCUT2D eigenvalue weighted by molar-refractivity contribution is 5.89. The topological polar surface area (TPSA) is 97.4 Å². The lowest BCUT2D eigenvalue weighted by atomic mass is 9.96. The SMILES string of the molecule is N#CNC1c2cc(-c3ccc(F)nc3)ccc2-c2cc3c(cc21)-c1ccc(-c2ccc(F)nc2)cc1C3NC#N. The highest BCUT2D eigenvalue weighted by Gasteiger charge is 2.35. The third-order valence-electron chi connectivity index (χ3n) is 7.69. The van der Waals surface area contributed by atoms with Gasteiger partial charge in [0.1, 0.15) is 0 Å². The van der Waals surface area contributed by atoms with Crippen LogP contribution in [0.4, 0.5) is 8.78 Å². The van der Waals surface area contributed by atoms with Gasteiger partial charge in [-0.3, -0.25) is 0 Å². The average molecular weight is 525 g/mol. The van der Waals surface area contributed by atoms with Gasteiger partial charge in [0.05, 0.1) is 12.1 Å². The molecule has 2 aromatic heterocycles. The number of hydrogen-bond acceptors (Lipinski definition) is 6. The zero-order valence-electron chi connectivity index (χ0n) is 20.8. The molecule has 2 aliphatic carbocycles. The van der Waals surface area contributed by atoms with E-state index in [1.165, 1.54) is 24.5 Å². The molecule has 40 heavy (non-hydrogen) atoms. The second-order valence-electron chi connectivity index (χ2n) is 9.75. The second-order valence-corrected chi connectivity index (χ2v) is 9.75. The molecule has 0 saturated heterocycles. The Morgan fingerprint density at radius 1 is 0.525 bits per heavy atom. The van der Waals surface area contributed by atoms with Gasteiger partial charge in [-0.05, 0) is 104 Å². The van der Waals surface area contributed by atoms with Gasteiger partial charge in [-0.25, -0.2) is 9.97 Å². The third-order valence-corrected chi connectivity index (χ3v) is 7.69. The van der Waals surface area contributed by atoms with E-state index < -0.39 is 11.9 Å². The number of nitrogens with one attached hydrogen (secondary N) is 2. The molecule has 2 heterocycles. The molecular formula is C32H18F2N6. The third kappa shape index (κ3) is 3.58. The fourth-order valence-corrected chi connectivity index (χ4v) is 5.90. The lowest BCUT2D eigenvalue weighted by molar-refractivity contribution is 0.583. The monoisotopic (exact) mass is 524 g/mol. The highest BCUT2D eigenvalue weighted by Crippen LogP contribution is 2.52. The maximum absolute atomic E-state index is 13.4. The molecule has 0 fully saturated rings. The van der Waals surface area contributed by atoms with Gasteiger partial charge in [-0.15, -0.1) is 0 Å². The molecule has 0 radical (unpaired) electrons. The number of fused-ring (bicyclic) bond motifs is 6. The summed E-state index contributed by atoms with van der Waals surface area (Å²) in [4.78, 5) is 7.55. The van der Waals surface area contributed by atoms with E-state index in [1.807, 2.05) is 36.4 Å². The fraction of sp³-hybridized carbons (Fsp3) is 0.0625. The smallest absolute Gasteiger partial charge is 0.212 e. The minimum Gasteiger partial charge on any atom is -0.312 e. The molecule has 190 valence electrons. The molecule has 2 N–H and O–H groups in total. The lowest BCUT2D eigenvalue weighted by Crippen LogP contribution is -2.15. The second kappa shape index (κ2) is 9.00. The molecule has 0 amide bonds. The normalized spacial score (nSPS) is 15.7. The van der Waals surface area contributed by atoms with Crippen molar-refractivity contribution in [2.45, 2.75) is 12.1 Å². The highest BCUT2D eigenvalue weighted by atomic mass is 19.1. The van der Waals surface area contributed by atoms with E-state index in [-0.39, 0.29) is 12.1 Å². The molecule has 2 aliphatic rings. The van der Waals surface area contributed by atoms with Crippen molar-refractivity contribution in [2.75, 3.05) is 0 Å². The average Bonchev–Trinajstić information content (AvgIpc) is 3.44. The van der Waals surface area contributed by atoms with Crippen LogP contribution in [-0.2, 0) is 0 Å². The van der Waals surface area contributed by atoms with Crippen LogP contribution in [0.25, 0.3) is 44.5 Å². The summed E-state index contributed by atoms with van der Waals surface area (Å²) < 4.78 is 26.8. The standard InChI is InChI=1S/C32H18F2N6/c33-29-7-3-19(13-37-29)17-1-5-21-23-11-28-24(12-27(23)31(39-15-35)25(21)9-17)22-6-2-18(10-26(22)32(28)40-16-36)20-4-8-30(34)38-14-20/h1-14,31-32,39-40H. The molecular weight excluding hydrogens is 506 g/mol. The molecule has 0 spiro atoms. The number of benzene rings is 3. The molecule has 6 nitrogen and oxygen atoms in total. The minimum atomic E-state index is -0.543. The lowest BCUT2D eigenvalue weighted by Gasteiger charge is -2.15. The summed E-state index contributed by atoms with van der Waals surface area (Å²) in [5.74, 6) is -1.09. The molecule has 2 atom stereocenters. The van der Waals surface area contributed by atoms with Crippen LogP contribution in [0.3, 0.4) is 0 Å². The van der Waals surface area contributed by atoms with Gasteiger partial charge in [0, 0.05) is 23.5 Å². The first kappa shape index (κ1) is 23.5. The molecule has 3 aromatic carbocycles. The summed E-state index contributed by atoms with van der Waals surface area (Å²) in [7, 11) is 0. The zero-order chi connectivity index (χ0) is 27.4. The Morgan fingerprint density at radius 2 is 0.925 bits per heavy atom. The van der Waals surface area contributed by atoms with E-state index in [0.29, 0.717) is 0 Å². The first-order valence-electron chi connectivity index (χ1n) is 12.6. The molecule has 0 aliphatic heterocycles. The summed E-state index contributed by atoms with van der Waals surface area (Å²) in [5, 5.41) is 25.2. The van der Waals surface area contributed by atoms with Crippen LogP contribution in [0.5, 0.6) is 0 Å². The van der Waals surface area contributed by atoms with Gasteiger partial charge >= 0.3 is 0 Å². The maximum atomic E-state index is 13.4. The van der Waals surface area contributed by atoms with Crippen LogP contribution in [0, 0.1) is 34.8 Å². The number of nitriles is 2. The Balaban J connectivity index is 1.36. The summed E-state index contributed by atoms with van der Waals surface area (Å²) in [6, 6.07) is 21.4. The largest absolute Gasteiger partial charge is 0.312 e. The van der Waals surface area contributed by atoms with Gasteiger partial charge in [-0.1, -0.05) is 24.3 Å². The number of hydrogen-bond donors (Lipinski definition) is 2. The Kier molecular flexibility index (Phi) is 5.29. The molecule has 7 rings (SSSR count). The predicted octanol–water partition coefficient (Wildman–Crippen LogP) is 6.37. The van der Waals surface area contributed by atoms with Crippen LogP contribution in [0.2, 0.25) is 0 Å². The first-order chi connectivity index (χ1) is 19.6. The van der Waals surface area contributed by atoms with Crippen LogP contribution >= 0.6 is 0 Å². The predicted molar refractivity (Wildman–Crippen MR) is 145 cm³/mol. The zero-order valence-corrected chi connectivity index (χ0v) is 20.8. The molecule has 5 aromatic rings. The van der Waals surface area contributed by atoms with Crippen molar-refractivity contribution < 1.29 is 8.78 Å². The summed E-state index contributed by atoms with van der Waals surface area (Å²) >= 11 is 0. The van der Waals surface area contributed by atoms with Crippen molar-refractivity contribution in [2.24, 2.45) is 0 Å². The van der Waals surface area contributed by atoms with Gasteiger partial charge < -0.3 is 10.6 Å². The summed E-state index contributed by atoms with van der Waals surface area (Å²) in [6.45, 7) is 0. The van der Waals surface area contributed by atoms with Crippen molar-refractivity contribution in [1.82, 2.24) is 20.6 Å². The van der Waals surface area contributed by atoms with E-state index in [4.69, 9.17) is 0 Å². The Morgan fingerprint density at radius 3 is 1.30 bits per heavy atom. The van der Waals surface area contributed by atoms with Gasteiger partial charge in [0.25, 0.3) is 0 Å². The number of pyridine rings is 2. The van der Waals surface area contributed by atoms with Crippen molar-refractivity contribution >= 4 is 0 Å². The summed E-state index contributed by atoms with van der Waals surface area (Å²) in [6.07, 6.45) is 7.19. The number of halogens is 2. The first-order valence-corrected chi connectivity index (χ1v) is 12.6. The Bertz CT molecular complexity index is 1760. The summed E-state index contributed by atoms with van der Waals surface area (Å²) in [5.41, 5.74) is 11.0. The fourth-order valence-electron chi connectivity index (χ4n) is 5.90. The van der Waals surface area contributed by atoms with Crippen LogP contribution in [-0.4, -0.2) is 9.97 Å². The molecule has 8 heteroatoms. The number of rotatable bonds is 4.